The Balaban J connectivity index is 0.996. The normalized spacial score (nSPS) is 18.0. The molecule has 9 nitrogen and oxygen atoms in total. The first-order chi connectivity index (χ1) is 20.6. The number of aromatic nitrogens is 2. The van der Waals surface area contributed by atoms with Gasteiger partial charge in [0.2, 0.25) is 5.91 Å². The van der Waals surface area contributed by atoms with E-state index < -0.39 is 0 Å². The van der Waals surface area contributed by atoms with Gasteiger partial charge in [0.25, 0.3) is 5.56 Å². The Kier molecular flexibility index (Phi) is 6.91. The summed E-state index contributed by atoms with van der Waals surface area (Å²) >= 11 is 0. The van der Waals surface area contributed by atoms with E-state index in [1.165, 1.54) is 4.68 Å². The summed E-state index contributed by atoms with van der Waals surface area (Å²) in [5.41, 5.74) is 3.42. The second-order valence-corrected chi connectivity index (χ2v) is 10.9. The number of ether oxygens (including phenoxy) is 1. The molecule has 42 heavy (non-hydrogen) atoms. The third-order valence-electron chi connectivity index (χ3n) is 8.26. The van der Waals surface area contributed by atoms with Gasteiger partial charge >= 0.3 is 0 Å². The summed E-state index contributed by atoms with van der Waals surface area (Å²) in [6, 6.07) is 27.3. The average molecular weight is 561 g/mol. The minimum atomic E-state index is -0.140. The molecule has 0 radical (unpaired) electrons. The summed E-state index contributed by atoms with van der Waals surface area (Å²) in [5.74, 6) is 2.49. The van der Waals surface area contributed by atoms with Gasteiger partial charge in [0, 0.05) is 45.3 Å². The average Bonchev–Trinajstić information content (AvgIpc) is 3.46. The van der Waals surface area contributed by atoms with Crippen molar-refractivity contribution in [1.29, 1.82) is 0 Å². The van der Waals surface area contributed by atoms with E-state index in [1.807, 2.05) is 83.8 Å². The van der Waals surface area contributed by atoms with Crippen LogP contribution in [0.5, 0.6) is 11.5 Å². The maximum atomic E-state index is 13.6. The van der Waals surface area contributed by atoms with Gasteiger partial charge in [-0.3, -0.25) is 9.59 Å². The van der Waals surface area contributed by atoms with Gasteiger partial charge in [-0.2, -0.15) is 5.10 Å². The van der Waals surface area contributed by atoms with Gasteiger partial charge in [0.05, 0.1) is 29.9 Å². The van der Waals surface area contributed by atoms with Crippen molar-refractivity contribution < 1.29 is 9.53 Å². The Labute approximate surface area is 244 Å². The van der Waals surface area contributed by atoms with Crippen LogP contribution in [-0.2, 0) is 11.3 Å². The van der Waals surface area contributed by atoms with E-state index in [1.54, 1.807) is 12.3 Å². The van der Waals surface area contributed by atoms with Gasteiger partial charge in [-0.1, -0.05) is 54.6 Å². The Hall–Kier alpha value is -4.92. The summed E-state index contributed by atoms with van der Waals surface area (Å²) in [6.07, 6.45) is 2.50. The summed E-state index contributed by atoms with van der Waals surface area (Å²) < 4.78 is 7.67. The lowest BCUT2D eigenvalue weighted by atomic mass is 10.1. The fourth-order valence-corrected chi connectivity index (χ4v) is 5.98. The molecule has 1 amide bonds. The molecule has 1 atom stereocenters. The molecule has 0 saturated carbocycles. The molecule has 3 aliphatic heterocycles. The molecule has 9 heteroatoms. The maximum Gasteiger partial charge on any atom is 0.269 e. The molecule has 7 rings (SSSR count). The highest BCUT2D eigenvalue weighted by Crippen LogP contribution is 2.38. The van der Waals surface area contributed by atoms with Crippen LogP contribution in [0.3, 0.4) is 0 Å². The van der Waals surface area contributed by atoms with Crippen molar-refractivity contribution >= 4 is 23.1 Å². The quantitative estimate of drug-likeness (QED) is 0.373. The molecule has 4 aromatic rings. The molecule has 0 N–H and O–H groups in total. The molecule has 2 fully saturated rings. The number of benzene rings is 3. The Morgan fingerprint density at radius 2 is 1.57 bits per heavy atom. The van der Waals surface area contributed by atoms with Crippen LogP contribution in [0.1, 0.15) is 17.5 Å². The summed E-state index contributed by atoms with van der Waals surface area (Å²) in [5, 5.41) is 4.41. The number of carbonyl (C=O) groups is 1. The van der Waals surface area contributed by atoms with Gasteiger partial charge in [0.1, 0.15) is 17.3 Å². The van der Waals surface area contributed by atoms with Crippen LogP contribution in [0.25, 0.3) is 0 Å². The SMILES string of the molecule is O=C(C1CCN(c2cnn(Cc3ccccc3)c(=O)c2)C1)N1CCN(C2=Nc3ccccc3Oc3ccccc32)CC1. The van der Waals surface area contributed by atoms with Crippen molar-refractivity contribution in [2.75, 3.05) is 44.2 Å². The Morgan fingerprint density at radius 1 is 0.833 bits per heavy atom. The van der Waals surface area contributed by atoms with Crippen molar-refractivity contribution in [3.8, 4) is 11.5 Å². The maximum absolute atomic E-state index is 13.6. The lowest BCUT2D eigenvalue weighted by Gasteiger charge is -2.37. The summed E-state index contributed by atoms with van der Waals surface area (Å²) in [7, 11) is 0. The number of para-hydroxylation sites is 3. The zero-order chi connectivity index (χ0) is 28.5. The van der Waals surface area contributed by atoms with E-state index in [9.17, 15) is 9.59 Å². The molecule has 0 spiro atoms. The van der Waals surface area contributed by atoms with Crippen LogP contribution in [0.15, 0.2) is 101 Å². The van der Waals surface area contributed by atoms with Gasteiger partial charge in [0.15, 0.2) is 5.75 Å². The predicted molar refractivity (Wildman–Crippen MR) is 162 cm³/mol. The van der Waals surface area contributed by atoms with Crippen LogP contribution in [0.4, 0.5) is 11.4 Å². The number of hydrogen-bond donors (Lipinski definition) is 0. The topological polar surface area (TPSA) is 83.3 Å². The largest absolute Gasteiger partial charge is 0.454 e. The first-order valence-corrected chi connectivity index (χ1v) is 14.5. The van der Waals surface area contributed by atoms with E-state index in [-0.39, 0.29) is 17.4 Å². The number of anilines is 1. The smallest absolute Gasteiger partial charge is 0.269 e. The monoisotopic (exact) mass is 560 g/mol. The first-order valence-electron chi connectivity index (χ1n) is 14.5. The number of amides is 1. The lowest BCUT2D eigenvalue weighted by Crippen LogP contribution is -2.52. The van der Waals surface area contributed by atoms with Crippen LogP contribution in [0.2, 0.25) is 0 Å². The van der Waals surface area contributed by atoms with Gasteiger partial charge in [-0.25, -0.2) is 9.67 Å². The summed E-state index contributed by atoms with van der Waals surface area (Å²) in [4.78, 5) is 37.7. The molecule has 3 aromatic carbocycles. The van der Waals surface area contributed by atoms with Crippen molar-refractivity contribution in [2.45, 2.75) is 13.0 Å². The number of fused-ring (bicyclic) bond motifs is 2. The lowest BCUT2D eigenvalue weighted by molar-refractivity contribution is -0.136. The standard InChI is InChI=1S/C33H32N6O3/c40-31-20-26(21-34-39(31)22-24-8-2-1-3-9-24)38-15-14-25(23-38)33(41)37-18-16-36(17-19-37)32-27-10-4-6-12-29(27)42-30-13-7-5-11-28(30)35-32/h1-13,20-21,25H,14-19,22-23H2. The fourth-order valence-electron chi connectivity index (χ4n) is 5.98. The zero-order valence-corrected chi connectivity index (χ0v) is 23.3. The van der Waals surface area contributed by atoms with Crippen molar-refractivity contribution in [3.63, 3.8) is 0 Å². The highest BCUT2D eigenvalue weighted by Gasteiger charge is 2.34. The number of rotatable bonds is 4. The van der Waals surface area contributed by atoms with E-state index in [4.69, 9.17) is 9.73 Å². The number of piperazine rings is 1. The third-order valence-corrected chi connectivity index (χ3v) is 8.26. The second-order valence-electron chi connectivity index (χ2n) is 10.9. The van der Waals surface area contributed by atoms with Crippen LogP contribution in [-0.4, -0.2) is 70.6 Å². The third kappa shape index (κ3) is 5.13. The molecule has 1 aromatic heterocycles. The van der Waals surface area contributed by atoms with Crippen molar-refractivity contribution in [1.82, 2.24) is 19.6 Å². The molecule has 212 valence electrons. The van der Waals surface area contributed by atoms with Crippen LogP contribution < -0.4 is 15.2 Å². The Bertz CT molecular complexity index is 1690. The molecule has 1 unspecified atom stereocenters. The molecule has 0 bridgehead atoms. The molecule has 0 aliphatic carbocycles. The van der Waals surface area contributed by atoms with Gasteiger partial charge in [-0.05, 0) is 36.2 Å². The number of nitrogens with zero attached hydrogens (tertiary/aromatic N) is 6. The summed E-state index contributed by atoms with van der Waals surface area (Å²) in [6.45, 7) is 4.42. The van der Waals surface area contributed by atoms with Crippen LogP contribution in [0, 0.1) is 5.92 Å². The second kappa shape index (κ2) is 11.2. The minimum absolute atomic E-state index is 0.0977. The van der Waals surface area contributed by atoms with E-state index in [2.05, 4.69) is 14.9 Å². The number of amidine groups is 1. The van der Waals surface area contributed by atoms with E-state index in [0.29, 0.717) is 39.3 Å². The molecular formula is C33H32N6O3. The molecular weight excluding hydrogens is 528 g/mol. The number of aliphatic imine (C=N–C) groups is 1. The highest BCUT2D eigenvalue weighted by molar-refractivity contribution is 6.03. The number of hydrogen-bond acceptors (Lipinski definition) is 7. The zero-order valence-electron chi connectivity index (χ0n) is 23.3. The van der Waals surface area contributed by atoms with E-state index in [0.717, 1.165) is 52.8 Å². The highest BCUT2D eigenvalue weighted by atomic mass is 16.5. The van der Waals surface area contributed by atoms with E-state index >= 15 is 0 Å². The first kappa shape index (κ1) is 26.0. The fraction of sp³-hybridized carbons (Fsp3) is 0.273. The minimum Gasteiger partial charge on any atom is -0.454 e. The molecule has 2 saturated heterocycles. The number of carbonyl (C=O) groups excluding carboxylic acids is 1. The van der Waals surface area contributed by atoms with Gasteiger partial charge in [-0.15, -0.1) is 0 Å². The van der Waals surface area contributed by atoms with Crippen molar-refractivity contribution in [3.05, 3.63) is 113 Å². The molecule has 4 heterocycles. The molecule has 3 aliphatic rings. The Morgan fingerprint density at radius 3 is 2.38 bits per heavy atom. The van der Waals surface area contributed by atoms with Gasteiger partial charge < -0.3 is 19.4 Å². The van der Waals surface area contributed by atoms with Crippen LogP contribution >= 0.6 is 0 Å². The predicted octanol–water partition coefficient (Wildman–Crippen LogP) is 4.15. The van der Waals surface area contributed by atoms with Crippen molar-refractivity contribution in [2.24, 2.45) is 10.9 Å².